The predicted molar refractivity (Wildman–Crippen MR) is 127 cm³/mol. The molecule has 7 nitrogen and oxygen atoms in total. The SMILES string of the molecule is Cc1ccc(NC(=O)Cc2nnc(SCC(=O)Nc3cc(C)c(C)cc3Br)n2C)cc1. The summed E-state index contributed by atoms with van der Waals surface area (Å²) in [6.45, 7) is 6.02. The van der Waals surface area contributed by atoms with Gasteiger partial charge >= 0.3 is 0 Å². The standard InChI is InChI=1S/C22H24BrN5O2S/c1-13-5-7-16(8-6-13)24-20(29)11-19-26-27-22(28(19)4)31-12-21(30)25-18-10-15(3)14(2)9-17(18)23/h5-10H,11-12H2,1-4H3,(H,24,29)(H,25,30). The molecule has 0 bridgehead atoms. The Bertz CT molecular complexity index is 1110. The van der Waals surface area contributed by atoms with Gasteiger partial charge in [0.1, 0.15) is 5.82 Å². The second kappa shape index (κ2) is 10.1. The summed E-state index contributed by atoms with van der Waals surface area (Å²) in [4.78, 5) is 24.7. The van der Waals surface area contributed by atoms with E-state index in [-0.39, 0.29) is 24.0 Å². The summed E-state index contributed by atoms with van der Waals surface area (Å²) in [5.41, 5.74) is 4.86. The van der Waals surface area contributed by atoms with Crippen molar-refractivity contribution >= 4 is 50.9 Å². The normalized spacial score (nSPS) is 10.7. The molecule has 0 unspecified atom stereocenters. The third kappa shape index (κ3) is 6.18. The zero-order valence-corrected chi connectivity index (χ0v) is 20.2. The van der Waals surface area contributed by atoms with Crippen LogP contribution in [0.3, 0.4) is 0 Å². The van der Waals surface area contributed by atoms with Crippen LogP contribution in [0.1, 0.15) is 22.5 Å². The van der Waals surface area contributed by atoms with Gasteiger partial charge in [-0.15, -0.1) is 10.2 Å². The largest absolute Gasteiger partial charge is 0.326 e. The first kappa shape index (κ1) is 23.0. The average Bonchev–Trinajstić information content (AvgIpc) is 3.05. The van der Waals surface area contributed by atoms with Gasteiger partial charge < -0.3 is 15.2 Å². The van der Waals surface area contributed by atoms with Gasteiger partial charge in [-0.3, -0.25) is 9.59 Å². The van der Waals surface area contributed by atoms with Crippen LogP contribution >= 0.6 is 27.7 Å². The topological polar surface area (TPSA) is 88.9 Å². The van der Waals surface area contributed by atoms with Gasteiger partial charge in [0, 0.05) is 17.2 Å². The molecule has 3 rings (SSSR count). The molecular formula is C22H24BrN5O2S. The van der Waals surface area contributed by atoms with Crippen molar-refractivity contribution in [3.05, 3.63) is 63.4 Å². The lowest BCUT2D eigenvalue weighted by Gasteiger charge is -2.10. The quantitative estimate of drug-likeness (QED) is 0.467. The monoisotopic (exact) mass is 501 g/mol. The first-order valence-electron chi connectivity index (χ1n) is 9.67. The number of anilines is 2. The Hall–Kier alpha value is -2.65. The first-order chi connectivity index (χ1) is 14.7. The molecule has 31 heavy (non-hydrogen) atoms. The highest BCUT2D eigenvalue weighted by atomic mass is 79.9. The maximum absolute atomic E-state index is 12.4. The Kier molecular flexibility index (Phi) is 7.50. The number of rotatable bonds is 7. The molecular weight excluding hydrogens is 478 g/mol. The van der Waals surface area contributed by atoms with Crippen molar-refractivity contribution in [3.63, 3.8) is 0 Å². The second-order valence-corrected chi connectivity index (χ2v) is 9.10. The van der Waals surface area contributed by atoms with Crippen LogP contribution in [0.25, 0.3) is 0 Å². The molecule has 162 valence electrons. The number of aryl methyl sites for hydroxylation is 3. The van der Waals surface area contributed by atoms with E-state index in [0.717, 1.165) is 32.5 Å². The molecule has 2 N–H and O–H groups in total. The molecule has 2 aromatic carbocycles. The van der Waals surface area contributed by atoms with Gasteiger partial charge in [0.25, 0.3) is 0 Å². The zero-order valence-electron chi connectivity index (χ0n) is 17.8. The number of carbonyl (C=O) groups excluding carboxylic acids is 2. The lowest BCUT2D eigenvalue weighted by Crippen LogP contribution is -2.17. The minimum Gasteiger partial charge on any atom is -0.326 e. The summed E-state index contributed by atoms with van der Waals surface area (Å²) in [5.74, 6) is 0.397. The van der Waals surface area contributed by atoms with E-state index >= 15 is 0 Å². The maximum atomic E-state index is 12.4. The van der Waals surface area contributed by atoms with Crippen molar-refractivity contribution in [2.24, 2.45) is 7.05 Å². The fourth-order valence-electron chi connectivity index (χ4n) is 2.80. The third-order valence-electron chi connectivity index (χ3n) is 4.77. The van der Waals surface area contributed by atoms with Crippen molar-refractivity contribution in [3.8, 4) is 0 Å². The van der Waals surface area contributed by atoms with Crippen LogP contribution in [0.15, 0.2) is 46.0 Å². The number of halogens is 1. The number of benzene rings is 2. The Morgan fingerprint density at radius 2 is 1.68 bits per heavy atom. The van der Waals surface area contributed by atoms with Gasteiger partial charge in [0.15, 0.2) is 5.16 Å². The van der Waals surface area contributed by atoms with Crippen molar-refractivity contribution < 1.29 is 9.59 Å². The number of thioether (sulfide) groups is 1. The van der Waals surface area contributed by atoms with E-state index in [1.54, 1.807) is 11.6 Å². The van der Waals surface area contributed by atoms with E-state index in [1.165, 1.54) is 11.8 Å². The van der Waals surface area contributed by atoms with Gasteiger partial charge in [-0.2, -0.15) is 0 Å². The Balaban J connectivity index is 1.55. The average molecular weight is 502 g/mol. The molecule has 0 aliphatic carbocycles. The number of nitrogens with zero attached hydrogens (tertiary/aromatic N) is 3. The molecule has 0 saturated carbocycles. The highest BCUT2D eigenvalue weighted by molar-refractivity contribution is 9.10. The molecule has 0 aliphatic heterocycles. The van der Waals surface area contributed by atoms with Crippen LogP contribution in [0, 0.1) is 20.8 Å². The molecule has 0 fully saturated rings. The van der Waals surface area contributed by atoms with E-state index in [0.29, 0.717) is 11.0 Å². The molecule has 0 aliphatic rings. The molecule has 0 saturated heterocycles. The second-order valence-electron chi connectivity index (χ2n) is 7.30. The fraction of sp³-hybridized carbons (Fsp3) is 0.273. The van der Waals surface area contributed by atoms with Crippen LogP contribution in [0.4, 0.5) is 11.4 Å². The summed E-state index contributed by atoms with van der Waals surface area (Å²) < 4.78 is 2.58. The van der Waals surface area contributed by atoms with Crippen molar-refractivity contribution in [1.29, 1.82) is 0 Å². The lowest BCUT2D eigenvalue weighted by molar-refractivity contribution is -0.116. The molecule has 0 spiro atoms. The summed E-state index contributed by atoms with van der Waals surface area (Å²) >= 11 is 4.76. The summed E-state index contributed by atoms with van der Waals surface area (Å²) in [5, 5.41) is 14.6. The number of carbonyl (C=O) groups is 2. The summed E-state index contributed by atoms with van der Waals surface area (Å²) in [6.07, 6.45) is 0.0969. The molecule has 0 radical (unpaired) electrons. The van der Waals surface area contributed by atoms with Crippen LogP contribution in [0.2, 0.25) is 0 Å². The lowest BCUT2D eigenvalue weighted by atomic mass is 10.1. The van der Waals surface area contributed by atoms with E-state index in [9.17, 15) is 9.59 Å². The van der Waals surface area contributed by atoms with Crippen molar-refractivity contribution in [1.82, 2.24) is 14.8 Å². The van der Waals surface area contributed by atoms with E-state index in [4.69, 9.17) is 0 Å². The maximum Gasteiger partial charge on any atom is 0.234 e. The van der Waals surface area contributed by atoms with Crippen LogP contribution in [-0.4, -0.2) is 32.3 Å². The number of aromatic nitrogens is 3. The van der Waals surface area contributed by atoms with Gasteiger partial charge in [-0.25, -0.2) is 0 Å². The molecule has 2 amide bonds. The Morgan fingerprint density at radius 3 is 2.39 bits per heavy atom. The van der Waals surface area contributed by atoms with E-state index in [2.05, 4.69) is 36.8 Å². The molecule has 1 aromatic heterocycles. The number of hydrogen-bond acceptors (Lipinski definition) is 5. The van der Waals surface area contributed by atoms with Crippen molar-refractivity contribution in [2.75, 3.05) is 16.4 Å². The molecule has 3 aromatic rings. The fourth-order valence-corrected chi connectivity index (χ4v) is 4.09. The smallest absolute Gasteiger partial charge is 0.234 e. The van der Waals surface area contributed by atoms with E-state index in [1.807, 2.05) is 57.2 Å². The highest BCUT2D eigenvalue weighted by Gasteiger charge is 2.15. The molecule has 9 heteroatoms. The predicted octanol–water partition coefficient (Wildman–Crippen LogP) is 4.41. The van der Waals surface area contributed by atoms with Gasteiger partial charge in [0.2, 0.25) is 11.8 Å². The first-order valence-corrected chi connectivity index (χ1v) is 11.4. The summed E-state index contributed by atoms with van der Waals surface area (Å²) in [6, 6.07) is 11.5. The molecule has 0 atom stereocenters. The van der Waals surface area contributed by atoms with Crippen LogP contribution < -0.4 is 10.6 Å². The number of hydrogen-bond donors (Lipinski definition) is 2. The Morgan fingerprint density at radius 1 is 1.00 bits per heavy atom. The number of nitrogens with one attached hydrogen (secondary N) is 2. The van der Waals surface area contributed by atoms with Crippen molar-refractivity contribution in [2.45, 2.75) is 32.3 Å². The van der Waals surface area contributed by atoms with Gasteiger partial charge in [-0.1, -0.05) is 29.5 Å². The van der Waals surface area contributed by atoms with E-state index < -0.39 is 0 Å². The summed E-state index contributed by atoms with van der Waals surface area (Å²) in [7, 11) is 1.79. The Labute approximate surface area is 194 Å². The minimum atomic E-state index is -0.173. The number of amides is 2. The molecule has 1 heterocycles. The van der Waals surface area contributed by atoms with Gasteiger partial charge in [-0.05, 0) is 72.1 Å². The van der Waals surface area contributed by atoms with Crippen LogP contribution in [-0.2, 0) is 23.1 Å². The zero-order chi connectivity index (χ0) is 22.5. The minimum absolute atomic E-state index is 0.0969. The van der Waals surface area contributed by atoms with Crippen LogP contribution in [0.5, 0.6) is 0 Å². The van der Waals surface area contributed by atoms with Gasteiger partial charge in [0.05, 0.1) is 17.9 Å². The highest BCUT2D eigenvalue weighted by Crippen LogP contribution is 2.26. The third-order valence-corrected chi connectivity index (χ3v) is 6.45.